The molecule has 5 rings (SSSR count). The standard InChI is InChI=1S/C24H23F2N7O/c25-15-3-1-14(2-4-15)23(34)30-18-9-10-21-28-12-20(33(21)13-18)22-19(26)11-29-24(32-22)31-17-7-5-16(27)6-8-17/h1-4,9-13,16-17H,5-8,27H2,(H,30,34)(H,29,31,32)/t16-,17-. The molecule has 1 saturated carbocycles. The zero-order chi connectivity index (χ0) is 23.7. The molecule has 3 heterocycles. The number of carbonyl (C=O) groups excluding carboxylic acids is 1. The maximum absolute atomic E-state index is 14.7. The van der Waals surface area contributed by atoms with Gasteiger partial charge in [0, 0.05) is 23.8 Å². The summed E-state index contributed by atoms with van der Waals surface area (Å²) in [6, 6.07) is 9.03. The van der Waals surface area contributed by atoms with E-state index in [-0.39, 0.29) is 17.8 Å². The predicted octanol–water partition coefficient (Wildman–Crippen LogP) is 4.00. The largest absolute Gasteiger partial charge is 0.351 e. The van der Waals surface area contributed by atoms with Gasteiger partial charge in [-0.25, -0.2) is 23.7 Å². The molecule has 10 heteroatoms. The number of benzene rings is 1. The first-order valence-corrected chi connectivity index (χ1v) is 11.1. The summed E-state index contributed by atoms with van der Waals surface area (Å²) in [6.45, 7) is 0. The van der Waals surface area contributed by atoms with Crippen LogP contribution in [0.25, 0.3) is 17.0 Å². The molecule has 1 aromatic carbocycles. The van der Waals surface area contributed by atoms with Crippen LogP contribution in [-0.4, -0.2) is 37.3 Å². The van der Waals surface area contributed by atoms with Gasteiger partial charge in [0.25, 0.3) is 5.91 Å². The number of hydrogen-bond donors (Lipinski definition) is 3. The fourth-order valence-corrected chi connectivity index (χ4v) is 4.10. The number of carbonyl (C=O) groups is 1. The van der Waals surface area contributed by atoms with Crippen molar-refractivity contribution in [1.29, 1.82) is 0 Å². The van der Waals surface area contributed by atoms with E-state index in [0.717, 1.165) is 31.9 Å². The fourth-order valence-electron chi connectivity index (χ4n) is 4.10. The highest BCUT2D eigenvalue weighted by molar-refractivity contribution is 6.04. The van der Waals surface area contributed by atoms with Crippen LogP contribution in [0.2, 0.25) is 0 Å². The van der Waals surface area contributed by atoms with Crippen LogP contribution in [0.5, 0.6) is 0 Å². The molecule has 0 aliphatic heterocycles. The van der Waals surface area contributed by atoms with E-state index in [1.807, 2.05) is 0 Å². The molecule has 0 atom stereocenters. The van der Waals surface area contributed by atoms with Crippen molar-refractivity contribution in [1.82, 2.24) is 19.4 Å². The van der Waals surface area contributed by atoms with Crippen LogP contribution in [0.1, 0.15) is 36.0 Å². The van der Waals surface area contributed by atoms with E-state index < -0.39 is 17.5 Å². The number of aromatic nitrogens is 4. The Hall–Kier alpha value is -3.92. The number of imidazole rings is 1. The van der Waals surface area contributed by atoms with Gasteiger partial charge in [-0.15, -0.1) is 0 Å². The van der Waals surface area contributed by atoms with Gasteiger partial charge >= 0.3 is 0 Å². The minimum atomic E-state index is -0.584. The van der Waals surface area contributed by atoms with Crippen molar-refractivity contribution >= 4 is 23.2 Å². The number of amides is 1. The van der Waals surface area contributed by atoms with E-state index in [2.05, 4.69) is 25.6 Å². The number of nitrogens with zero attached hydrogens (tertiary/aromatic N) is 4. The smallest absolute Gasteiger partial charge is 0.255 e. The number of nitrogens with two attached hydrogens (primary N) is 1. The molecule has 1 amide bonds. The first-order valence-electron chi connectivity index (χ1n) is 11.1. The monoisotopic (exact) mass is 463 g/mol. The van der Waals surface area contributed by atoms with Crippen molar-refractivity contribution in [3.63, 3.8) is 0 Å². The van der Waals surface area contributed by atoms with Gasteiger partial charge in [0.15, 0.2) is 5.82 Å². The Bertz CT molecular complexity index is 1330. The van der Waals surface area contributed by atoms with E-state index in [9.17, 15) is 13.6 Å². The van der Waals surface area contributed by atoms with Gasteiger partial charge in [-0.2, -0.15) is 0 Å². The maximum atomic E-state index is 14.7. The summed E-state index contributed by atoms with van der Waals surface area (Å²) in [7, 11) is 0. The molecule has 1 aliphatic rings. The summed E-state index contributed by atoms with van der Waals surface area (Å²) in [5.74, 6) is -1.06. The Labute approximate surface area is 194 Å². The van der Waals surface area contributed by atoms with Crippen molar-refractivity contribution in [3.05, 3.63) is 72.2 Å². The summed E-state index contributed by atoms with van der Waals surface area (Å²) in [4.78, 5) is 25.3. The van der Waals surface area contributed by atoms with Crippen LogP contribution >= 0.6 is 0 Å². The molecule has 4 aromatic rings. The van der Waals surface area contributed by atoms with Gasteiger partial charge in [-0.3, -0.25) is 9.20 Å². The third kappa shape index (κ3) is 4.58. The Morgan fingerprint density at radius 2 is 1.76 bits per heavy atom. The van der Waals surface area contributed by atoms with Crippen LogP contribution in [-0.2, 0) is 0 Å². The molecule has 0 radical (unpaired) electrons. The van der Waals surface area contributed by atoms with Crippen molar-refractivity contribution in [2.75, 3.05) is 10.6 Å². The average molecular weight is 463 g/mol. The van der Waals surface area contributed by atoms with Gasteiger partial charge < -0.3 is 16.4 Å². The number of hydrogen-bond acceptors (Lipinski definition) is 6. The topological polar surface area (TPSA) is 110 Å². The maximum Gasteiger partial charge on any atom is 0.255 e. The molecule has 0 bridgehead atoms. The number of pyridine rings is 1. The lowest BCUT2D eigenvalue weighted by Gasteiger charge is -2.26. The zero-order valence-electron chi connectivity index (χ0n) is 18.2. The highest BCUT2D eigenvalue weighted by Crippen LogP contribution is 2.26. The number of fused-ring (bicyclic) bond motifs is 1. The Morgan fingerprint density at radius 1 is 1.00 bits per heavy atom. The summed E-state index contributed by atoms with van der Waals surface area (Å²) in [5, 5.41) is 6.04. The van der Waals surface area contributed by atoms with Crippen molar-refractivity contribution in [3.8, 4) is 11.4 Å². The van der Waals surface area contributed by atoms with E-state index in [1.165, 1.54) is 30.5 Å². The van der Waals surface area contributed by atoms with E-state index in [0.29, 0.717) is 28.5 Å². The number of nitrogens with one attached hydrogen (secondary N) is 2. The molecule has 4 N–H and O–H groups in total. The van der Waals surface area contributed by atoms with Crippen molar-refractivity contribution in [2.45, 2.75) is 37.8 Å². The number of halogens is 2. The van der Waals surface area contributed by atoms with Crippen molar-refractivity contribution in [2.24, 2.45) is 5.73 Å². The molecule has 34 heavy (non-hydrogen) atoms. The van der Waals surface area contributed by atoms with Crippen LogP contribution < -0.4 is 16.4 Å². The van der Waals surface area contributed by atoms with Crippen LogP contribution in [0.4, 0.5) is 20.4 Å². The minimum Gasteiger partial charge on any atom is -0.351 e. The van der Waals surface area contributed by atoms with Crippen molar-refractivity contribution < 1.29 is 13.6 Å². The molecule has 8 nitrogen and oxygen atoms in total. The van der Waals surface area contributed by atoms with Crippen LogP contribution in [0.15, 0.2) is 55.0 Å². The van der Waals surface area contributed by atoms with Crippen LogP contribution in [0.3, 0.4) is 0 Å². The predicted molar refractivity (Wildman–Crippen MR) is 124 cm³/mol. The van der Waals surface area contributed by atoms with E-state index in [1.54, 1.807) is 22.7 Å². The minimum absolute atomic E-state index is 0.0968. The highest BCUT2D eigenvalue weighted by atomic mass is 19.1. The third-order valence-corrected chi connectivity index (χ3v) is 5.96. The second-order valence-corrected chi connectivity index (χ2v) is 8.40. The Kier molecular flexibility index (Phi) is 5.89. The third-order valence-electron chi connectivity index (χ3n) is 5.96. The van der Waals surface area contributed by atoms with E-state index in [4.69, 9.17) is 5.73 Å². The normalized spacial score (nSPS) is 18.1. The molecule has 1 fully saturated rings. The molecular formula is C24H23F2N7O. The molecule has 174 valence electrons. The summed E-state index contributed by atoms with van der Waals surface area (Å²) < 4.78 is 29.5. The second-order valence-electron chi connectivity index (χ2n) is 8.40. The lowest BCUT2D eigenvalue weighted by Crippen LogP contribution is -2.33. The summed E-state index contributed by atoms with van der Waals surface area (Å²) in [6.07, 6.45) is 7.95. The fraction of sp³-hybridized carbons (Fsp3) is 0.250. The SMILES string of the molecule is N[C@H]1CC[C@H](Nc2ncc(F)c(-c3cnc4ccc(NC(=O)c5ccc(F)cc5)cn34)n2)CC1. The lowest BCUT2D eigenvalue weighted by atomic mass is 9.92. The van der Waals surface area contributed by atoms with Gasteiger partial charge in [0.1, 0.15) is 17.2 Å². The van der Waals surface area contributed by atoms with E-state index >= 15 is 0 Å². The van der Waals surface area contributed by atoms with Gasteiger partial charge in [-0.1, -0.05) is 0 Å². The molecule has 0 spiro atoms. The molecule has 1 aliphatic carbocycles. The number of rotatable bonds is 5. The Balaban J connectivity index is 1.41. The highest BCUT2D eigenvalue weighted by Gasteiger charge is 2.21. The summed E-state index contributed by atoms with van der Waals surface area (Å²) in [5.41, 5.74) is 7.83. The van der Waals surface area contributed by atoms with Gasteiger partial charge in [-0.05, 0) is 62.1 Å². The first kappa shape index (κ1) is 21.9. The molecular weight excluding hydrogens is 440 g/mol. The summed E-state index contributed by atoms with van der Waals surface area (Å²) >= 11 is 0. The average Bonchev–Trinajstić information content (AvgIpc) is 3.25. The zero-order valence-corrected chi connectivity index (χ0v) is 18.2. The van der Waals surface area contributed by atoms with Crippen LogP contribution in [0, 0.1) is 11.6 Å². The van der Waals surface area contributed by atoms with Gasteiger partial charge in [0.2, 0.25) is 5.95 Å². The number of anilines is 2. The second kappa shape index (κ2) is 9.14. The van der Waals surface area contributed by atoms with Gasteiger partial charge in [0.05, 0.1) is 23.8 Å². The first-order chi connectivity index (χ1) is 16.5. The lowest BCUT2D eigenvalue weighted by molar-refractivity contribution is 0.102. The molecule has 0 unspecified atom stereocenters. The molecule has 0 saturated heterocycles. The quantitative estimate of drug-likeness (QED) is 0.413. The molecule has 3 aromatic heterocycles. The Morgan fingerprint density at radius 3 is 2.53 bits per heavy atom.